The third-order valence-corrected chi connectivity index (χ3v) is 6.50. The number of carbonyl (C=O) groups is 2. The van der Waals surface area contributed by atoms with E-state index in [1.165, 1.54) is 0 Å². The predicted octanol–water partition coefficient (Wildman–Crippen LogP) is 3.56. The number of aliphatic hydroxyl groups excluding tert-OH is 1. The van der Waals surface area contributed by atoms with Crippen molar-refractivity contribution >= 4 is 17.4 Å². The molecule has 0 radical (unpaired) electrons. The number of Topliss-reactive ketones (excluding diaryl/α,β-unsaturated/α-hetero) is 1. The molecule has 1 saturated heterocycles. The minimum Gasteiger partial charge on any atom is -0.507 e. The van der Waals surface area contributed by atoms with Crippen LogP contribution in [0.3, 0.4) is 0 Å². The number of ether oxygens (including phenoxy) is 1. The quantitative estimate of drug-likeness (QED) is 0.377. The second-order valence-corrected chi connectivity index (χ2v) is 8.61. The molecule has 0 unspecified atom stereocenters. The van der Waals surface area contributed by atoms with Crippen LogP contribution in [-0.4, -0.2) is 63.9 Å². The van der Waals surface area contributed by atoms with Crippen molar-refractivity contribution in [3.8, 4) is 5.75 Å². The van der Waals surface area contributed by atoms with E-state index in [1.54, 1.807) is 35.5 Å². The van der Waals surface area contributed by atoms with Gasteiger partial charge in [-0.1, -0.05) is 13.8 Å². The van der Waals surface area contributed by atoms with Crippen molar-refractivity contribution in [3.05, 3.63) is 65.0 Å². The highest BCUT2D eigenvalue weighted by molar-refractivity contribution is 6.46. The van der Waals surface area contributed by atoms with Crippen molar-refractivity contribution < 1.29 is 19.4 Å². The molecule has 2 atom stereocenters. The molecular weight excluding hydrogens is 418 g/mol. The molecule has 2 aliphatic rings. The highest BCUT2D eigenvalue weighted by Gasteiger charge is 2.45. The van der Waals surface area contributed by atoms with Crippen LogP contribution in [0.2, 0.25) is 0 Å². The molecule has 0 aliphatic carbocycles. The number of rotatable bonds is 8. The number of ketones is 1. The van der Waals surface area contributed by atoms with Gasteiger partial charge in [0.2, 0.25) is 0 Å². The number of hydrogen-bond donors (Lipinski definition) is 1. The molecule has 0 spiro atoms. The van der Waals surface area contributed by atoms with Crippen LogP contribution in [0, 0.1) is 0 Å². The van der Waals surface area contributed by atoms with Crippen LogP contribution >= 0.6 is 0 Å². The lowest BCUT2D eigenvalue weighted by Gasteiger charge is -2.26. The Morgan fingerprint density at radius 1 is 1.18 bits per heavy atom. The Labute approximate surface area is 194 Å². The number of aromatic nitrogens is 1. The van der Waals surface area contributed by atoms with E-state index in [9.17, 15) is 14.7 Å². The maximum absolute atomic E-state index is 13.1. The smallest absolute Gasteiger partial charge is 0.295 e. The van der Waals surface area contributed by atoms with E-state index < -0.39 is 17.7 Å². The Hall–Kier alpha value is -3.19. The summed E-state index contributed by atoms with van der Waals surface area (Å²) in [4.78, 5) is 34.2. The van der Waals surface area contributed by atoms with E-state index in [0.29, 0.717) is 12.1 Å². The van der Waals surface area contributed by atoms with Crippen molar-refractivity contribution in [3.63, 3.8) is 0 Å². The number of pyridine rings is 1. The average Bonchev–Trinajstić information content (AvgIpc) is 3.32. The van der Waals surface area contributed by atoms with Crippen LogP contribution in [0.5, 0.6) is 5.75 Å². The zero-order valence-corrected chi connectivity index (χ0v) is 19.5. The lowest BCUT2D eigenvalue weighted by atomic mass is 9.95. The van der Waals surface area contributed by atoms with Gasteiger partial charge in [-0.3, -0.25) is 14.6 Å². The van der Waals surface area contributed by atoms with Crippen molar-refractivity contribution in [1.29, 1.82) is 0 Å². The number of likely N-dealkylation sites (tertiary alicyclic amines) is 1. The molecule has 174 valence electrons. The van der Waals surface area contributed by atoms with Gasteiger partial charge in [0.25, 0.3) is 11.7 Å². The lowest BCUT2D eigenvalue weighted by Crippen LogP contribution is -2.33. The van der Waals surface area contributed by atoms with Crippen LogP contribution in [0.15, 0.2) is 48.3 Å². The molecular formula is C26H31N3O4. The number of amides is 1. The van der Waals surface area contributed by atoms with Gasteiger partial charge in [0.1, 0.15) is 17.6 Å². The molecule has 2 aliphatic heterocycles. The van der Waals surface area contributed by atoms with E-state index in [4.69, 9.17) is 4.74 Å². The fourth-order valence-electron chi connectivity index (χ4n) is 4.73. The third kappa shape index (κ3) is 4.50. The fourth-order valence-corrected chi connectivity index (χ4v) is 4.73. The molecule has 0 bridgehead atoms. The van der Waals surface area contributed by atoms with Gasteiger partial charge in [0.15, 0.2) is 0 Å². The molecule has 2 aromatic rings. The van der Waals surface area contributed by atoms with E-state index in [-0.39, 0.29) is 17.4 Å². The predicted molar refractivity (Wildman–Crippen MR) is 126 cm³/mol. The molecule has 4 rings (SSSR count). The summed E-state index contributed by atoms with van der Waals surface area (Å²) in [5, 5.41) is 11.3. The van der Waals surface area contributed by atoms with Crippen molar-refractivity contribution in [1.82, 2.24) is 14.8 Å². The molecule has 33 heavy (non-hydrogen) atoms. The van der Waals surface area contributed by atoms with Gasteiger partial charge < -0.3 is 19.6 Å². The first kappa shape index (κ1) is 23.0. The molecule has 1 N–H and O–H groups in total. The molecule has 1 aromatic heterocycles. The average molecular weight is 450 g/mol. The molecule has 3 heterocycles. The van der Waals surface area contributed by atoms with Gasteiger partial charge in [-0.05, 0) is 74.4 Å². The Morgan fingerprint density at radius 3 is 2.61 bits per heavy atom. The van der Waals surface area contributed by atoms with Crippen LogP contribution in [0.4, 0.5) is 0 Å². The minimum absolute atomic E-state index is 0.0746. The summed E-state index contributed by atoms with van der Waals surface area (Å²) in [5.74, 6) is -0.580. The molecule has 7 heteroatoms. The second-order valence-electron chi connectivity index (χ2n) is 8.61. The van der Waals surface area contributed by atoms with Gasteiger partial charge in [-0.25, -0.2) is 0 Å². The number of benzene rings is 1. The zero-order chi connectivity index (χ0) is 23.5. The molecule has 1 amide bonds. The fraction of sp³-hybridized carbons (Fsp3) is 0.423. The SMILES string of the molecule is CCN(CC)CCCN1C(=O)C(=O)/C(=C(/O)c2ccc3c(c2)C[C@@H](C)O3)[C@@H]1c1ccncc1. The summed E-state index contributed by atoms with van der Waals surface area (Å²) >= 11 is 0. The normalized spacial score (nSPS) is 21.5. The number of carbonyl (C=O) groups excluding carboxylic acids is 2. The Balaban J connectivity index is 1.71. The maximum atomic E-state index is 13.1. The Bertz CT molecular complexity index is 1060. The first-order chi connectivity index (χ1) is 15.9. The van der Waals surface area contributed by atoms with Gasteiger partial charge in [0.05, 0.1) is 11.6 Å². The van der Waals surface area contributed by atoms with E-state index in [1.807, 2.05) is 19.1 Å². The monoisotopic (exact) mass is 449 g/mol. The minimum atomic E-state index is -0.651. The summed E-state index contributed by atoms with van der Waals surface area (Å²) in [7, 11) is 0. The lowest BCUT2D eigenvalue weighted by molar-refractivity contribution is -0.140. The summed E-state index contributed by atoms with van der Waals surface area (Å²) < 4.78 is 5.76. The van der Waals surface area contributed by atoms with Crippen LogP contribution in [-0.2, 0) is 16.0 Å². The van der Waals surface area contributed by atoms with Gasteiger partial charge in [-0.2, -0.15) is 0 Å². The third-order valence-electron chi connectivity index (χ3n) is 6.50. The molecule has 0 saturated carbocycles. The Kier molecular flexibility index (Phi) is 6.79. The van der Waals surface area contributed by atoms with Crippen molar-refractivity contribution in [2.75, 3.05) is 26.2 Å². The zero-order valence-electron chi connectivity index (χ0n) is 19.5. The summed E-state index contributed by atoms with van der Waals surface area (Å²) in [6.45, 7) is 9.34. The van der Waals surface area contributed by atoms with E-state index in [2.05, 4.69) is 23.7 Å². The maximum Gasteiger partial charge on any atom is 0.295 e. The van der Waals surface area contributed by atoms with Gasteiger partial charge >= 0.3 is 0 Å². The van der Waals surface area contributed by atoms with Crippen molar-refractivity contribution in [2.45, 2.75) is 45.8 Å². The summed E-state index contributed by atoms with van der Waals surface area (Å²) in [6, 6.07) is 8.34. The topological polar surface area (TPSA) is 83.0 Å². The van der Waals surface area contributed by atoms with E-state index in [0.717, 1.165) is 49.4 Å². The standard InChI is InChI=1S/C26H31N3O4/c1-4-28(5-2)13-6-14-29-23(18-9-11-27-12-10-18)22(25(31)26(29)32)24(30)19-7-8-21-20(16-19)15-17(3)33-21/h7-12,16-17,23,30H,4-6,13-15H2,1-3H3/b24-22+/t17-,23+/m1/s1. The molecule has 7 nitrogen and oxygen atoms in total. The van der Waals surface area contributed by atoms with Gasteiger partial charge in [0, 0.05) is 30.9 Å². The largest absolute Gasteiger partial charge is 0.507 e. The van der Waals surface area contributed by atoms with Gasteiger partial charge in [-0.15, -0.1) is 0 Å². The second kappa shape index (κ2) is 9.75. The summed E-state index contributed by atoms with van der Waals surface area (Å²) in [5.41, 5.74) is 2.39. The first-order valence-corrected chi connectivity index (χ1v) is 11.6. The molecule has 1 fully saturated rings. The number of aliphatic hydroxyl groups is 1. The number of hydrogen-bond acceptors (Lipinski definition) is 6. The van der Waals surface area contributed by atoms with Crippen LogP contribution < -0.4 is 4.74 Å². The highest BCUT2D eigenvalue weighted by atomic mass is 16.5. The summed E-state index contributed by atoms with van der Waals surface area (Å²) in [6.07, 6.45) is 4.83. The van der Waals surface area contributed by atoms with Crippen LogP contribution in [0.25, 0.3) is 5.76 Å². The first-order valence-electron chi connectivity index (χ1n) is 11.6. The van der Waals surface area contributed by atoms with Crippen LogP contribution in [0.1, 0.15) is 49.9 Å². The highest BCUT2D eigenvalue weighted by Crippen LogP contribution is 2.40. The van der Waals surface area contributed by atoms with E-state index >= 15 is 0 Å². The number of nitrogens with zero attached hydrogens (tertiary/aromatic N) is 3. The number of fused-ring (bicyclic) bond motifs is 1. The Morgan fingerprint density at radius 2 is 1.91 bits per heavy atom. The van der Waals surface area contributed by atoms with Crippen molar-refractivity contribution in [2.24, 2.45) is 0 Å². The molecule has 1 aromatic carbocycles.